The molecule has 1 saturated heterocycles. The van der Waals surface area contributed by atoms with Crippen molar-refractivity contribution in [2.75, 3.05) is 19.8 Å². The molecule has 1 fully saturated rings. The normalized spacial score (nSPS) is 20.3. The lowest BCUT2D eigenvalue weighted by atomic mass is 10.0. The van der Waals surface area contributed by atoms with Crippen LogP contribution in [0.4, 0.5) is 0 Å². The first-order valence-corrected chi connectivity index (χ1v) is 7.79. The summed E-state index contributed by atoms with van der Waals surface area (Å²) in [6, 6.07) is 9.22. The van der Waals surface area contributed by atoms with E-state index >= 15 is 0 Å². The van der Waals surface area contributed by atoms with Crippen LogP contribution in [0.15, 0.2) is 24.3 Å². The van der Waals surface area contributed by atoms with Gasteiger partial charge in [0.05, 0.1) is 0 Å². The van der Waals surface area contributed by atoms with Crippen LogP contribution in [0, 0.1) is 0 Å². The molecule has 1 aromatic carbocycles. The lowest BCUT2D eigenvalue weighted by Gasteiger charge is -2.38. The first kappa shape index (κ1) is 15.3. The molecule has 0 saturated carbocycles. The van der Waals surface area contributed by atoms with Crippen LogP contribution in [-0.4, -0.2) is 41.8 Å². The Morgan fingerprint density at radius 3 is 2.65 bits per heavy atom. The Kier molecular flexibility index (Phi) is 5.86. The molecule has 1 N–H and O–H groups in total. The molecular formula is C17H27NO2. The second kappa shape index (κ2) is 7.65. The van der Waals surface area contributed by atoms with Gasteiger partial charge in [-0.1, -0.05) is 18.6 Å². The molecule has 0 bridgehead atoms. The van der Waals surface area contributed by atoms with E-state index in [0.717, 1.165) is 17.9 Å². The fraction of sp³-hybridized carbons (Fsp3) is 0.647. The highest BCUT2D eigenvalue weighted by molar-refractivity contribution is 5.27. The minimum absolute atomic E-state index is 0.200. The van der Waals surface area contributed by atoms with Gasteiger partial charge >= 0.3 is 0 Å². The monoisotopic (exact) mass is 277 g/mol. The fourth-order valence-electron chi connectivity index (χ4n) is 2.96. The first-order valence-electron chi connectivity index (χ1n) is 7.79. The van der Waals surface area contributed by atoms with Crippen LogP contribution >= 0.6 is 0 Å². The summed E-state index contributed by atoms with van der Waals surface area (Å²) in [4.78, 5) is 2.56. The molecule has 1 atom stereocenters. The van der Waals surface area contributed by atoms with Crippen molar-refractivity contribution in [2.45, 2.75) is 51.6 Å². The molecule has 1 unspecified atom stereocenters. The van der Waals surface area contributed by atoms with Crippen molar-refractivity contribution in [3.05, 3.63) is 29.8 Å². The van der Waals surface area contributed by atoms with E-state index < -0.39 is 0 Å². The number of nitrogens with zero attached hydrogens (tertiary/aromatic N) is 1. The van der Waals surface area contributed by atoms with Crippen LogP contribution in [0.5, 0.6) is 5.75 Å². The second-order valence-corrected chi connectivity index (χ2v) is 5.91. The van der Waals surface area contributed by atoms with Crippen LogP contribution < -0.4 is 4.74 Å². The van der Waals surface area contributed by atoms with E-state index in [9.17, 15) is 0 Å². The van der Waals surface area contributed by atoms with E-state index in [1.807, 2.05) is 24.3 Å². The maximum Gasteiger partial charge on any atom is 0.119 e. The number of rotatable bonds is 6. The molecule has 0 radical (unpaired) electrons. The third-order valence-electron chi connectivity index (χ3n) is 4.10. The van der Waals surface area contributed by atoms with Crippen LogP contribution in [-0.2, 0) is 6.42 Å². The number of aliphatic hydroxyl groups is 1. The summed E-state index contributed by atoms with van der Waals surface area (Å²) in [5.74, 6) is 0.931. The molecule has 1 aliphatic heterocycles. The highest BCUT2D eigenvalue weighted by Crippen LogP contribution is 2.21. The summed E-state index contributed by atoms with van der Waals surface area (Å²) in [7, 11) is 0. The van der Waals surface area contributed by atoms with Gasteiger partial charge in [0.25, 0.3) is 0 Å². The van der Waals surface area contributed by atoms with E-state index in [1.165, 1.54) is 25.8 Å². The Morgan fingerprint density at radius 1 is 1.25 bits per heavy atom. The average molecular weight is 277 g/mol. The van der Waals surface area contributed by atoms with Crippen molar-refractivity contribution >= 4 is 0 Å². The van der Waals surface area contributed by atoms with Gasteiger partial charge in [0.1, 0.15) is 12.4 Å². The molecule has 2 rings (SSSR count). The molecule has 1 aromatic rings. The summed E-state index contributed by atoms with van der Waals surface area (Å²) in [6.07, 6.45) is 4.57. The van der Waals surface area contributed by atoms with Crippen molar-refractivity contribution < 1.29 is 9.84 Å². The van der Waals surface area contributed by atoms with Gasteiger partial charge in [-0.3, -0.25) is 4.90 Å². The smallest absolute Gasteiger partial charge is 0.119 e. The molecule has 0 aromatic heterocycles. The molecule has 1 heterocycles. The van der Waals surface area contributed by atoms with Gasteiger partial charge in [0, 0.05) is 18.7 Å². The zero-order chi connectivity index (χ0) is 14.4. The maximum absolute atomic E-state index is 8.91. The Balaban J connectivity index is 1.86. The number of piperidine rings is 1. The summed E-state index contributed by atoms with van der Waals surface area (Å²) in [5.41, 5.74) is 1.15. The molecule has 1 aliphatic rings. The van der Waals surface area contributed by atoms with Crippen LogP contribution in [0.1, 0.15) is 38.7 Å². The number of hydrogen-bond acceptors (Lipinski definition) is 3. The van der Waals surface area contributed by atoms with Gasteiger partial charge in [-0.05, 0) is 57.4 Å². The van der Waals surface area contributed by atoms with Gasteiger partial charge in [-0.2, -0.15) is 0 Å². The van der Waals surface area contributed by atoms with Crippen molar-refractivity contribution in [1.29, 1.82) is 0 Å². The number of ether oxygens (including phenoxy) is 1. The lowest BCUT2D eigenvalue weighted by Crippen LogP contribution is -2.46. The molecule has 112 valence electrons. The summed E-state index contributed by atoms with van der Waals surface area (Å²) in [5, 5.41) is 8.91. The minimum atomic E-state index is 0.200. The summed E-state index contributed by atoms with van der Waals surface area (Å²) in [6.45, 7) is 6.70. The van der Waals surface area contributed by atoms with Gasteiger partial charge in [0.15, 0.2) is 0 Å². The fourth-order valence-corrected chi connectivity index (χ4v) is 2.96. The predicted molar refractivity (Wildman–Crippen MR) is 82.2 cm³/mol. The van der Waals surface area contributed by atoms with Crippen molar-refractivity contribution in [3.8, 4) is 5.75 Å². The summed E-state index contributed by atoms with van der Waals surface area (Å²) < 4.78 is 5.95. The third kappa shape index (κ3) is 4.22. The average Bonchev–Trinajstić information content (AvgIpc) is 2.47. The Morgan fingerprint density at radius 2 is 2.00 bits per heavy atom. The first-order chi connectivity index (χ1) is 9.70. The molecule has 0 spiro atoms. The van der Waals surface area contributed by atoms with E-state index in [4.69, 9.17) is 9.84 Å². The number of hydrogen-bond donors (Lipinski definition) is 1. The Bertz CT molecular complexity index is 388. The molecule has 0 aliphatic carbocycles. The van der Waals surface area contributed by atoms with Crippen LogP contribution in [0.3, 0.4) is 0 Å². The highest BCUT2D eigenvalue weighted by Gasteiger charge is 2.24. The van der Waals surface area contributed by atoms with E-state index in [-0.39, 0.29) is 6.61 Å². The van der Waals surface area contributed by atoms with Crippen molar-refractivity contribution in [3.63, 3.8) is 0 Å². The standard InChI is InChI=1S/C17H27NO2/c1-14(2)18-11-4-3-5-16(18)13-20-17-8-6-15(7-9-17)10-12-19/h6-9,14,16,19H,3-5,10-13H2,1-2H3. The van der Waals surface area contributed by atoms with Crippen molar-refractivity contribution in [1.82, 2.24) is 4.90 Å². The second-order valence-electron chi connectivity index (χ2n) is 5.91. The minimum Gasteiger partial charge on any atom is -0.492 e. The van der Waals surface area contributed by atoms with E-state index in [1.54, 1.807) is 0 Å². The molecule has 20 heavy (non-hydrogen) atoms. The third-order valence-corrected chi connectivity index (χ3v) is 4.10. The molecule has 0 amide bonds. The van der Waals surface area contributed by atoms with E-state index in [2.05, 4.69) is 18.7 Å². The van der Waals surface area contributed by atoms with Crippen LogP contribution in [0.25, 0.3) is 0 Å². The largest absolute Gasteiger partial charge is 0.492 e. The lowest BCUT2D eigenvalue weighted by molar-refractivity contribution is 0.0733. The number of benzene rings is 1. The Labute approximate surface area is 122 Å². The number of likely N-dealkylation sites (tertiary alicyclic amines) is 1. The zero-order valence-electron chi connectivity index (χ0n) is 12.7. The zero-order valence-corrected chi connectivity index (χ0v) is 12.7. The number of aliphatic hydroxyl groups excluding tert-OH is 1. The van der Waals surface area contributed by atoms with Gasteiger partial charge in [0.2, 0.25) is 0 Å². The van der Waals surface area contributed by atoms with Crippen LogP contribution in [0.2, 0.25) is 0 Å². The Hall–Kier alpha value is -1.06. The molecule has 3 heteroatoms. The molecular weight excluding hydrogens is 250 g/mol. The molecule has 3 nitrogen and oxygen atoms in total. The summed E-state index contributed by atoms with van der Waals surface area (Å²) >= 11 is 0. The predicted octanol–water partition coefficient (Wildman–Crippen LogP) is 2.86. The van der Waals surface area contributed by atoms with Gasteiger partial charge in [-0.15, -0.1) is 0 Å². The SMILES string of the molecule is CC(C)N1CCCCC1COc1ccc(CCO)cc1. The van der Waals surface area contributed by atoms with E-state index in [0.29, 0.717) is 18.5 Å². The van der Waals surface area contributed by atoms with Gasteiger partial charge < -0.3 is 9.84 Å². The van der Waals surface area contributed by atoms with Crippen molar-refractivity contribution in [2.24, 2.45) is 0 Å². The maximum atomic E-state index is 8.91. The topological polar surface area (TPSA) is 32.7 Å². The highest BCUT2D eigenvalue weighted by atomic mass is 16.5. The van der Waals surface area contributed by atoms with Gasteiger partial charge in [-0.25, -0.2) is 0 Å². The quantitative estimate of drug-likeness (QED) is 0.868.